The van der Waals surface area contributed by atoms with Gasteiger partial charge in [0.15, 0.2) is 0 Å². The van der Waals surface area contributed by atoms with Crippen LogP contribution in [0, 0.1) is 11.7 Å². The molecule has 0 aliphatic heterocycles. The number of carbonyl (C=O) groups is 1. The molecule has 2 unspecified atom stereocenters. The van der Waals surface area contributed by atoms with E-state index in [9.17, 15) is 9.18 Å². The molecule has 0 saturated carbocycles. The second-order valence-corrected chi connectivity index (χ2v) is 4.31. The Morgan fingerprint density at radius 1 is 1.47 bits per heavy atom. The summed E-state index contributed by atoms with van der Waals surface area (Å²) in [4.78, 5) is 11.3. The van der Waals surface area contributed by atoms with Gasteiger partial charge in [0.25, 0.3) is 0 Å². The normalized spacial score (nSPS) is 13.9. The van der Waals surface area contributed by atoms with Crippen LogP contribution < -0.4 is 5.32 Å². The van der Waals surface area contributed by atoms with E-state index in [1.54, 1.807) is 19.9 Å². The molecule has 0 aliphatic carbocycles. The molecule has 0 fully saturated rings. The van der Waals surface area contributed by atoms with E-state index < -0.39 is 5.82 Å². The molecule has 0 bridgehead atoms. The van der Waals surface area contributed by atoms with E-state index in [0.29, 0.717) is 10.7 Å². The van der Waals surface area contributed by atoms with Gasteiger partial charge in [-0.2, -0.15) is 0 Å². The third kappa shape index (κ3) is 3.60. The fraction of sp³-hybridized carbons (Fsp3) is 0.417. The molecule has 1 aromatic carbocycles. The van der Waals surface area contributed by atoms with Crippen LogP contribution in [0.4, 0.5) is 10.1 Å². The van der Waals surface area contributed by atoms with Gasteiger partial charge in [0.2, 0.25) is 0 Å². The minimum atomic E-state index is -0.443. The van der Waals surface area contributed by atoms with Crippen LogP contribution in [-0.2, 0) is 9.53 Å². The largest absolute Gasteiger partial charge is 0.469 e. The zero-order chi connectivity index (χ0) is 13.0. The molecular formula is C12H15ClFNO2. The number of benzene rings is 1. The van der Waals surface area contributed by atoms with E-state index in [1.807, 2.05) is 0 Å². The maximum atomic E-state index is 13.5. The average Bonchev–Trinajstić information content (AvgIpc) is 2.30. The first-order valence-electron chi connectivity index (χ1n) is 5.25. The Labute approximate surface area is 105 Å². The lowest BCUT2D eigenvalue weighted by molar-refractivity contribution is -0.145. The molecule has 0 amide bonds. The summed E-state index contributed by atoms with van der Waals surface area (Å²) in [5.74, 6) is -1.14. The standard InChI is InChI=1S/C12H15ClFNO2/c1-7(12(16)17-3)8(2)15-11-5-4-9(13)6-10(11)14/h4-8,15H,1-3H3. The summed E-state index contributed by atoms with van der Waals surface area (Å²) in [5, 5.41) is 3.25. The third-order valence-electron chi connectivity index (χ3n) is 2.64. The van der Waals surface area contributed by atoms with Crippen molar-refractivity contribution >= 4 is 23.3 Å². The summed E-state index contributed by atoms with van der Waals surface area (Å²) in [5.41, 5.74) is 0.317. The molecule has 1 aromatic rings. The van der Waals surface area contributed by atoms with Crippen LogP contribution in [-0.4, -0.2) is 19.1 Å². The van der Waals surface area contributed by atoms with Crippen LogP contribution in [0.25, 0.3) is 0 Å². The SMILES string of the molecule is COC(=O)C(C)C(C)Nc1ccc(Cl)cc1F. The Hall–Kier alpha value is -1.29. The number of carbonyl (C=O) groups excluding carboxylic acids is 1. The number of halogens is 2. The average molecular weight is 260 g/mol. The van der Waals surface area contributed by atoms with Crippen molar-refractivity contribution in [3.05, 3.63) is 29.0 Å². The highest BCUT2D eigenvalue weighted by Crippen LogP contribution is 2.21. The number of rotatable bonds is 4. The topological polar surface area (TPSA) is 38.3 Å². The fourth-order valence-electron chi connectivity index (χ4n) is 1.37. The number of esters is 1. The van der Waals surface area contributed by atoms with Crippen molar-refractivity contribution in [3.63, 3.8) is 0 Å². The number of nitrogens with one attached hydrogen (secondary N) is 1. The smallest absolute Gasteiger partial charge is 0.310 e. The summed E-state index contributed by atoms with van der Waals surface area (Å²) in [6.07, 6.45) is 0. The van der Waals surface area contributed by atoms with Crippen LogP contribution in [0.3, 0.4) is 0 Å². The molecule has 17 heavy (non-hydrogen) atoms. The first-order valence-corrected chi connectivity index (χ1v) is 5.63. The van der Waals surface area contributed by atoms with Gasteiger partial charge in [-0.05, 0) is 32.0 Å². The van der Waals surface area contributed by atoms with Crippen molar-refractivity contribution < 1.29 is 13.9 Å². The van der Waals surface area contributed by atoms with E-state index >= 15 is 0 Å². The number of ether oxygens (including phenoxy) is 1. The Morgan fingerprint density at radius 3 is 2.65 bits per heavy atom. The maximum absolute atomic E-state index is 13.5. The van der Waals surface area contributed by atoms with Gasteiger partial charge in [-0.3, -0.25) is 4.79 Å². The molecule has 1 rings (SSSR count). The predicted molar refractivity (Wildman–Crippen MR) is 65.7 cm³/mol. The van der Waals surface area contributed by atoms with Crippen LogP contribution in [0.5, 0.6) is 0 Å². The summed E-state index contributed by atoms with van der Waals surface area (Å²) in [6, 6.07) is 4.11. The highest BCUT2D eigenvalue weighted by atomic mass is 35.5. The van der Waals surface area contributed by atoms with Crippen molar-refractivity contribution in [2.24, 2.45) is 5.92 Å². The monoisotopic (exact) mass is 259 g/mol. The molecule has 0 heterocycles. The van der Waals surface area contributed by atoms with Gasteiger partial charge in [0.05, 0.1) is 18.7 Å². The summed E-state index contributed by atoms with van der Waals surface area (Å²) >= 11 is 5.65. The zero-order valence-electron chi connectivity index (χ0n) is 9.96. The summed E-state index contributed by atoms with van der Waals surface area (Å²) in [6.45, 7) is 3.51. The van der Waals surface area contributed by atoms with Gasteiger partial charge in [-0.1, -0.05) is 11.6 Å². The van der Waals surface area contributed by atoms with Crippen molar-refractivity contribution in [1.82, 2.24) is 0 Å². The van der Waals surface area contributed by atoms with Gasteiger partial charge in [0, 0.05) is 11.1 Å². The summed E-state index contributed by atoms with van der Waals surface area (Å²) < 4.78 is 18.1. The van der Waals surface area contributed by atoms with Gasteiger partial charge < -0.3 is 10.1 Å². The second kappa shape index (κ2) is 5.87. The highest BCUT2D eigenvalue weighted by Gasteiger charge is 2.21. The van der Waals surface area contributed by atoms with E-state index in [1.165, 1.54) is 19.2 Å². The van der Waals surface area contributed by atoms with Crippen molar-refractivity contribution in [1.29, 1.82) is 0 Å². The van der Waals surface area contributed by atoms with E-state index in [0.717, 1.165) is 0 Å². The molecule has 0 saturated heterocycles. The minimum Gasteiger partial charge on any atom is -0.469 e. The fourth-order valence-corrected chi connectivity index (χ4v) is 1.53. The molecule has 1 N–H and O–H groups in total. The van der Waals surface area contributed by atoms with Gasteiger partial charge in [0.1, 0.15) is 5.82 Å². The Kier molecular flexibility index (Phi) is 4.75. The van der Waals surface area contributed by atoms with Gasteiger partial charge in [-0.15, -0.1) is 0 Å². The van der Waals surface area contributed by atoms with Crippen molar-refractivity contribution in [2.45, 2.75) is 19.9 Å². The van der Waals surface area contributed by atoms with Gasteiger partial charge in [-0.25, -0.2) is 4.39 Å². The molecule has 94 valence electrons. The molecule has 5 heteroatoms. The highest BCUT2D eigenvalue weighted by molar-refractivity contribution is 6.30. The van der Waals surface area contributed by atoms with Crippen LogP contribution in [0.15, 0.2) is 18.2 Å². The van der Waals surface area contributed by atoms with Crippen LogP contribution in [0.2, 0.25) is 5.02 Å². The first-order chi connectivity index (χ1) is 7.95. The molecular weight excluding hydrogens is 245 g/mol. The quantitative estimate of drug-likeness (QED) is 0.845. The van der Waals surface area contributed by atoms with Crippen LogP contribution in [0.1, 0.15) is 13.8 Å². The lowest BCUT2D eigenvalue weighted by Gasteiger charge is -2.20. The number of hydrogen-bond acceptors (Lipinski definition) is 3. The van der Waals surface area contributed by atoms with E-state index in [-0.39, 0.29) is 17.9 Å². The third-order valence-corrected chi connectivity index (χ3v) is 2.87. The molecule has 0 radical (unpaired) electrons. The molecule has 2 atom stereocenters. The predicted octanol–water partition coefficient (Wildman–Crippen LogP) is 3.09. The minimum absolute atomic E-state index is 0.238. The Morgan fingerprint density at radius 2 is 2.12 bits per heavy atom. The molecule has 0 aromatic heterocycles. The van der Waals surface area contributed by atoms with Crippen molar-refractivity contribution in [3.8, 4) is 0 Å². The van der Waals surface area contributed by atoms with E-state index in [4.69, 9.17) is 11.6 Å². The van der Waals surface area contributed by atoms with Crippen LogP contribution >= 0.6 is 11.6 Å². The Balaban J connectivity index is 2.74. The lowest BCUT2D eigenvalue weighted by Crippen LogP contribution is -2.31. The lowest BCUT2D eigenvalue weighted by atomic mass is 10.0. The Bertz CT molecular complexity index is 411. The number of hydrogen-bond donors (Lipinski definition) is 1. The summed E-state index contributed by atoms with van der Waals surface area (Å²) in [7, 11) is 1.33. The number of methoxy groups -OCH3 is 1. The molecule has 3 nitrogen and oxygen atoms in total. The van der Waals surface area contributed by atoms with E-state index in [2.05, 4.69) is 10.1 Å². The molecule has 0 spiro atoms. The first kappa shape index (κ1) is 13.8. The second-order valence-electron chi connectivity index (χ2n) is 3.87. The zero-order valence-corrected chi connectivity index (χ0v) is 10.7. The maximum Gasteiger partial charge on any atom is 0.310 e. The van der Waals surface area contributed by atoms with Gasteiger partial charge >= 0.3 is 5.97 Å². The number of anilines is 1. The van der Waals surface area contributed by atoms with Crippen molar-refractivity contribution in [2.75, 3.05) is 12.4 Å². The molecule has 0 aliphatic rings.